The number of aromatic amines is 1. The van der Waals surface area contributed by atoms with Crippen molar-refractivity contribution in [1.29, 1.82) is 0 Å². The zero-order valence-corrected chi connectivity index (χ0v) is 10.4. The lowest BCUT2D eigenvalue weighted by molar-refractivity contribution is 0.744. The summed E-state index contributed by atoms with van der Waals surface area (Å²) < 4.78 is 0. The van der Waals surface area contributed by atoms with Gasteiger partial charge in [0, 0.05) is 33.8 Å². The van der Waals surface area contributed by atoms with Crippen molar-refractivity contribution in [3.63, 3.8) is 0 Å². The van der Waals surface area contributed by atoms with E-state index < -0.39 is 0 Å². The fourth-order valence-electron chi connectivity index (χ4n) is 1.87. The number of hydrogen-bond donors (Lipinski definition) is 2. The summed E-state index contributed by atoms with van der Waals surface area (Å²) in [6.45, 7) is 2.95. The summed E-state index contributed by atoms with van der Waals surface area (Å²) in [6.07, 6.45) is 4.46. The molecular weight excluding hydrogens is 216 g/mol. The van der Waals surface area contributed by atoms with Gasteiger partial charge in [0.15, 0.2) is 0 Å². The first-order valence-corrected chi connectivity index (χ1v) is 6.66. The van der Waals surface area contributed by atoms with Crippen LogP contribution in [0, 0.1) is 0 Å². The highest BCUT2D eigenvalue weighted by molar-refractivity contribution is 8.00. The summed E-state index contributed by atoms with van der Waals surface area (Å²) in [5, 5.41) is 1.84. The van der Waals surface area contributed by atoms with E-state index in [1.54, 1.807) is 0 Å². The molecule has 1 unspecified atom stereocenters. The maximum atomic E-state index is 5.79. The first-order chi connectivity index (χ1) is 7.85. The van der Waals surface area contributed by atoms with Crippen LogP contribution >= 0.6 is 11.8 Å². The van der Waals surface area contributed by atoms with Crippen LogP contribution in [-0.2, 0) is 0 Å². The molecule has 2 rings (SSSR count). The number of nitrogens with two attached hydrogens (primary N) is 1. The fraction of sp³-hybridized carbons (Fsp3) is 0.385. The molecule has 86 valence electrons. The Morgan fingerprint density at radius 1 is 1.38 bits per heavy atom. The van der Waals surface area contributed by atoms with E-state index in [0.717, 1.165) is 6.54 Å². The summed E-state index contributed by atoms with van der Waals surface area (Å²) >= 11 is 1.89. The van der Waals surface area contributed by atoms with Crippen LogP contribution in [0.25, 0.3) is 10.9 Å². The Labute approximate surface area is 101 Å². The molecule has 0 fully saturated rings. The van der Waals surface area contributed by atoms with Gasteiger partial charge in [0.05, 0.1) is 0 Å². The highest BCUT2D eigenvalue weighted by Gasteiger charge is 2.10. The van der Waals surface area contributed by atoms with Gasteiger partial charge in [0.2, 0.25) is 0 Å². The summed E-state index contributed by atoms with van der Waals surface area (Å²) in [5.74, 6) is 0. The van der Waals surface area contributed by atoms with Crippen molar-refractivity contribution in [3.8, 4) is 0 Å². The van der Waals surface area contributed by atoms with Crippen LogP contribution in [-0.4, -0.2) is 16.8 Å². The number of thioether (sulfide) groups is 1. The molecule has 3 heteroatoms. The minimum Gasteiger partial charge on any atom is -0.360 e. The number of hydrogen-bond acceptors (Lipinski definition) is 2. The van der Waals surface area contributed by atoms with Gasteiger partial charge in [-0.2, -0.15) is 0 Å². The van der Waals surface area contributed by atoms with Crippen molar-refractivity contribution in [2.45, 2.75) is 29.9 Å². The van der Waals surface area contributed by atoms with Crippen molar-refractivity contribution in [1.82, 2.24) is 4.98 Å². The predicted octanol–water partition coefficient (Wildman–Crippen LogP) is 3.39. The first-order valence-electron chi connectivity index (χ1n) is 5.78. The van der Waals surface area contributed by atoms with Crippen LogP contribution in [0.5, 0.6) is 0 Å². The van der Waals surface area contributed by atoms with Crippen LogP contribution in [0.15, 0.2) is 35.4 Å². The van der Waals surface area contributed by atoms with Gasteiger partial charge in [-0.15, -0.1) is 11.8 Å². The highest BCUT2D eigenvalue weighted by atomic mass is 32.2. The quantitative estimate of drug-likeness (QED) is 0.779. The third-order valence-corrected chi connectivity index (χ3v) is 4.07. The van der Waals surface area contributed by atoms with Crippen LogP contribution in [0.3, 0.4) is 0 Å². The van der Waals surface area contributed by atoms with Crippen LogP contribution in [0.2, 0.25) is 0 Å². The molecule has 1 atom stereocenters. The van der Waals surface area contributed by atoms with E-state index in [1.165, 1.54) is 28.6 Å². The summed E-state index contributed by atoms with van der Waals surface area (Å²) in [4.78, 5) is 4.62. The van der Waals surface area contributed by atoms with Crippen molar-refractivity contribution >= 4 is 22.7 Å². The van der Waals surface area contributed by atoms with E-state index in [4.69, 9.17) is 5.73 Å². The van der Waals surface area contributed by atoms with Crippen LogP contribution in [0.1, 0.15) is 19.8 Å². The van der Waals surface area contributed by atoms with Gasteiger partial charge in [0.1, 0.15) is 0 Å². The molecule has 0 saturated heterocycles. The molecule has 0 saturated carbocycles. The molecule has 0 spiro atoms. The van der Waals surface area contributed by atoms with E-state index in [2.05, 4.69) is 42.4 Å². The Morgan fingerprint density at radius 2 is 2.19 bits per heavy atom. The van der Waals surface area contributed by atoms with Gasteiger partial charge in [0.25, 0.3) is 0 Å². The average molecular weight is 234 g/mol. The number of benzene rings is 1. The maximum absolute atomic E-state index is 5.79. The Hall–Kier alpha value is -0.930. The molecule has 0 amide bonds. The number of fused-ring (bicyclic) bond motifs is 1. The first kappa shape index (κ1) is 11.6. The van der Waals surface area contributed by atoms with Crippen molar-refractivity contribution in [3.05, 3.63) is 30.5 Å². The summed E-state index contributed by atoms with van der Waals surface area (Å²) in [7, 11) is 0. The molecule has 16 heavy (non-hydrogen) atoms. The van der Waals surface area contributed by atoms with E-state index in [9.17, 15) is 0 Å². The Kier molecular flexibility index (Phi) is 3.91. The smallest absolute Gasteiger partial charge is 0.0465 e. The third kappa shape index (κ3) is 2.42. The molecule has 1 aromatic carbocycles. The molecular formula is C13H18N2S. The van der Waals surface area contributed by atoms with Crippen molar-refractivity contribution in [2.24, 2.45) is 5.73 Å². The van der Waals surface area contributed by atoms with E-state index >= 15 is 0 Å². The average Bonchev–Trinajstić information content (AvgIpc) is 2.72. The van der Waals surface area contributed by atoms with Gasteiger partial charge in [-0.1, -0.05) is 31.5 Å². The Morgan fingerprint density at radius 3 is 2.94 bits per heavy atom. The number of H-pyrrole nitrogens is 1. The lowest BCUT2D eigenvalue weighted by atomic mass is 10.2. The van der Waals surface area contributed by atoms with Crippen LogP contribution < -0.4 is 5.73 Å². The zero-order chi connectivity index (χ0) is 11.4. The SMILES string of the molecule is CCCC(CN)Sc1c[nH]c2ccccc12. The number of nitrogens with one attached hydrogen (secondary N) is 1. The lowest BCUT2D eigenvalue weighted by Crippen LogP contribution is -2.16. The van der Waals surface area contributed by atoms with Gasteiger partial charge in [-0.3, -0.25) is 0 Å². The minimum absolute atomic E-state index is 0.532. The maximum Gasteiger partial charge on any atom is 0.0465 e. The Balaban J connectivity index is 2.20. The summed E-state index contributed by atoms with van der Waals surface area (Å²) in [5.41, 5.74) is 6.99. The van der Waals surface area contributed by atoms with E-state index in [-0.39, 0.29) is 0 Å². The second kappa shape index (κ2) is 5.41. The molecule has 0 aliphatic heterocycles. The number of rotatable bonds is 5. The monoisotopic (exact) mass is 234 g/mol. The molecule has 1 aromatic heterocycles. The standard InChI is InChI=1S/C13H18N2S/c1-2-5-10(8-14)16-13-9-15-12-7-4-3-6-11(12)13/h3-4,6-7,9-10,15H,2,5,8,14H2,1H3. The minimum atomic E-state index is 0.532. The second-order valence-electron chi connectivity index (χ2n) is 3.96. The Bertz CT molecular complexity index is 450. The van der Waals surface area contributed by atoms with Crippen molar-refractivity contribution in [2.75, 3.05) is 6.54 Å². The molecule has 1 heterocycles. The number of aromatic nitrogens is 1. The highest BCUT2D eigenvalue weighted by Crippen LogP contribution is 2.31. The summed E-state index contributed by atoms with van der Waals surface area (Å²) in [6, 6.07) is 8.40. The fourth-order valence-corrected chi connectivity index (χ4v) is 3.11. The molecule has 2 nitrogen and oxygen atoms in total. The van der Waals surface area contributed by atoms with Gasteiger partial charge >= 0.3 is 0 Å². The molecule has 3 N–H and O–H groups in total. The molecule has 0 radical (unpaired) electrons. The van der Waals surface area contributed by atoms with Gasteiger partial charge in [-0.25, -0.2) is 0 Å². The lowest BCUT2D eigenvalue weighted by Gasteiger charge is -2.12. The molecule has 0 aliphatic rings. The number of para-hydroxylation sites is 1. The van der Waals surface area contributed by atoms with Crippen LogP contribution in [0.4, 0.5) is 0 Å². The van der Waals surface area contributed by atoms with Gasteiger partial charge in [-0.05, 0) is 12.5 Å². The zero-order valence-electron chi connectivity index (χ0n) is 9.57. The largest absolute Gasteiger partial charge is 0.360 e. The molecule has 0 bridgehead atoms. The predicted molar refractivity (Wildman–Crippen MR) is 71.9 cm³/mol. The normalized spacial score (nSPS) is 13.1. The topological polar surface area (TPSA) is 41.8 Å². The second-order valence-corrected chi connectivity index (χ2v) is 5.30. The third-order valence-electron chi connectivity index (χ3n) is 2.72. The van der Waals surface area contributed by atoms with E-state index in [0.29, 0.717) is 5.25 Å². The molecule has 2 aromatic rings. The van der Waals surface area contributed by atoms with Crippen molar-refractivity contribution < 1.29 is 0 Å². The van der Waals surface area contributed by atoms with Gasteiger partial charge < -0.3 is 10.7 Å². The van der Waals surface area contributed by atoms with E-state index in [1.807, 2.05) is 11.8 Å². The molecule has 0 aliphatic carbocycles.